The largest absolute Gasteiger partial charge is 0.382 e. The number of hydrogen-bond donors (Lipinski definition) is 1. The molecule has 2 aromatic carbocycles. The van der Waals surface area contributed by atoms with E-state index in [-0.39, 0.29) is 34.8 Å². The number of nitrogen functional groups attached to an aromatic ring is 1. The Balaban J connectivity index is 1.79. The molecule has 0 saturated carbocycles. The van der Waals surface area contributed by atoms with Gasteiger partial charge in [0.05, 0.1) is 16.8 Å². The first kappa shape index (κ1) is 24.8. The number of ketones is 1. The summed E-state index contributed by atoms with van der Waals surface area (Å²) >= 11 is 0. The van der Waals surface area contributed by atoms with E-state index in [1.807, 2.05) is 31.2 Å². The first-order valence-corrected chi connectivity index (χ1v) is 13.9. The predicted octanol–water partition coefficient (Wildman–Crippen LogP) is 4.14. The van der Waals surface area contributed by atoms with E-state index in [0.29, 0.717) is 11.3 Å². The van der Waals surface area contributed by atoms with Crippen molar-refractivity contribution in [3.05, 3.63) is 71.5 Å². The minimum Gasteiger partial charge on any atom is -0.382 e. The first-order valence-electron chi connectivity index (χ1n) is 10.2. The van der Waals surface area contributed by atoms with E-state index in [4.69, 9.17) is 10.3 Å². The average Bonchev–Trinajstić information content (AvgIpc) is 2.80. The second-order valence-corrected chi connectivity index (χ2v) is 13.0. The maximum atomic E-state index is 12.9. The normalized spacial score (nSPS) is 13.4. The van der Waals surface area contributed by atoms with Gasteiger partial charge in [-0.2, -0.15) is 0 Å². The van der Waals surface area contributed by atoms with Gasteiger partial charge >= 0.3 is 0 Å². The number of benzene rings is 2. The molecule has 0 radical (unpaired) electrons. The lowest BCUT2D eigenvalue weighted by Crippen LogP contribution is -2.12. The van der Waals surface area contributed by atoms with Crippen molar-refractivity contribution in [3.8, 4) is 11.3 Å². The summed E-state index contributed by atoms with van der Waals surface area (Å²) in [6.07, 6.45) is 1.62. The van der Waals surface area contributed by atoms with E-state index < -0.39 is 22.7 Å². The monoisotopic (exact) mass is 487 g/mol. The molecule has 0 saturated heterocycles. The van der Waals surface area contributed by atoms with Gasteiger partial charge in [-0.25, -0.2) is 18.4 Å². The summed E-state index contributed by atoms with van der Waals surface area (Å²) in [4.78, 5) is 21.4. The molecule has 0 bridgehead atoms. The molecule has 0 aliphatic carbocycles. The van der Waals surface area contributed by atoms with Crippen LogP contribution in [-0.2, 0) is 25.3 Å². The van der Waals surface area contributed by atoms with Gasteiger partial charge in [-0.3, -0.25) is 9.36 Å². The van der Waals surface area contributed by atoms with Crippen molar-refractivity contribution < 1.29 is 22.3 Å². The van der Waals surface area contributed by atoms with Crippen LogP contribution in [0.4, 0.5) is 5.82 Å². The minimum absolute atomic E-state index is 0.0186. The van der Waals surface area contributed by atoms with Crippen LogP contribution < -0.4 is 5.73 Å². The van der Waals surface area contributed by atoms with Crippen molar-refractivity contribution in [3.63, 3.8) is 0 Å². The lowest BCUT2D eigenvalue weighted by atomic mass is 10.1. The van der Waals surface area contributed by atoms with Crippen LogP contribution >= 0.6 is 7.37 Å². The molecule has 0 unspecified atom stereocenters. The fraction of sp³-hybridized carbons (Fsp3) is 0.261. The zero-order chi connectivity index (χ0) is 24.2. The number of nitrogens with zero attached hydrogens (tertiary/aromatic N) is 2. The van der Waals surface area contributed by atoms with Gasteiger partial charge in [-0.1, -0.05) is 48.9 Å². The number of hydrogen-bond acceptors (Lipinski definition) is 8. The molecule has 33 heavy (non-hydrogen) atoms. The van der Waals surface area contributed by atoms with Crippen LogP contribution in [0.3, 0.4) is 0 Å². The molecule has 0 aliphatic rings. The summed E-state index contributed by atoms with van der Waals surface area (Å²) in [6, 6.07) is 13.5. The molecule has 0 fully saturated rings. The summed E-state index contributed by atoms with van der Waals surface area (Å²) < 4.78 is 42.6. The standard InChI is InChI=1S/C23H26N3O5PS/c1-4-32(28,31-3)15-33(29,30)19-11-7-17(8-12-19)13-21(27)22-23(24)25-14-20(26-22)18-9-5-16(2)6-10-18/h5-12,14H,4,13,15H2,1-3H3,(H2,24,25)/t32-/m1/s1. The maximum Gasteiger partial charge on any atom is 0.217 e. The number of nitrogens with two attached hydrogens (primary N) is 1. The summed E-state index contributed by atoms with van der Waals surface area (Å²) in [5.41, 5.74) is 8.44. The van der Waals surface area contributed by atoms with Gasteiger partial charge in [0, 0.05) is 25.3 Å². The highest BCUT2D eigenvalue weighted by Gasteiger charge is 2.29. The second kappa shape index (κ2) is 9.95. The fourth-order valence-electron chi connectivity index (χ4n) is 3.16. The Hall–Kier alpha value is -2.87. The van der Waals surface area contributed by atoms with Gasteiger partial charge in [-0.05, 0) is 24.6 Å². The highest BCUT2D eigenvalue weighted by molar-refractivity contribution is 7.98. The molecule has 1 heterocycles. The molecule has 0 spiro atoms. The Bertz CT molecular complexity index is 1300. The zero-order valence-electron chi connectivity index (χ0n) is 18.7. The third kappa shape index (κ3) is 5.93. The van der Waals surface area contributed by atoms with Crippen molar-refractivity contribution in [2.24, 2.45) is 0 Å². The summed E-state index contributed by atoms with van der Waals surface area (Å²) in [7, 11) is -5.81. The van der Waals surface area contributed by atoms with Gasteiger partial charge in [-0.15, -0.1) is 0 Å². The lowest BCUT2D eigenvalue weighted by Gasteiger charge is -2.14. The van der Waals surface area contributed by atoms with Crippen LogP contribution in [0.1, 0.15) is 28.5 Å². The van der Waals surface area contributed by atoms with Crippen LogP contribution in [-0.4, -0.2) is 42.9 Å². The molecule has 10 heteroatoms. The molecule has 8 nitrogen and oxygen atoms in total. The Morgan fingerprint density at radius 2 is 1.73 bits per heavy atom. The third-order valence-electron chi connectivity index (χ3n) is 5.24. The topological polar surface area (TPSA) is 129 Å². The van der Waals surface area contributed by atoms with Crippen molar-refractivity contribution >= 4 is 28.8 Å². The number of aromatic nitrogens is 2. The molecule has 3 rings (SSSR count). The second-order valence-electron chi connectivity index (χ2n) is 7.66. The molecule has 3 aromatic rings. The fourth-order valence-corrected chi connectivity index (χ4v) is 7.79. The summed E-state index contributed by atoms with van der Waals surface area (Å²) in [5, 5.41) is 0. The van der Waals surface area contributed by atoms with Crippen molar-refractivity contribution in [1.82, 2.24) is 9.97 Å². The van der Waals surface area contributed by atoms with E-state index in [9.17, 15) is 17.8 Å². The van der Waals surface area contributed by atoms with E-state index in [2.05, 4.69) is 9.97 Å². The van der Waals surface area contributed by atoms with Crippen molar-refractivity contribution in [1.29, 1.82) is 0 Å². The van der Waals surface area contributed by atoms with Gasteiger partial charge in [0.1, 0.15) is 11.2 Å². The van der Waals surface area contributed by atoms with Crippen LogP contribution in [0, 0.1) is 6.92 Å². The smallest absolute Gasteiger partial charge is 0.217 e. The predicted molar refractivity (Wildman–Crippen MR) is 128 cm³/mol. The van der Waals surface area contributed by atoms with E-state index in [1.165, 1.54) is 25.4 Å². The van der Waals surface area contributed by atoms with E-state index in [0.717, 1.165) is 11.1 Å². The van der Waals surface area contributed by atoms with Crippen molar-refractivity contribution in [2.75, 3.05) is 24.5 Å². The first-order chi connectivity index (χ1) is 15.6. The SMILES string of the molecule is CC[P@](=O)(CS(=O)(=O)c1ccc(CC(=O)c2nc(-c3ccc(C)cc3)cnc2N)cc1)OC. The van der Waals surface area contributed by atoms with Gasteiger partial charge < -0.3 is 10.3 Å². The summed E-state index contributed by atoms with van der Waals surface area (Å²) in [6.45, 7) is 3.60. The van der Waals surface area contributed by atoms with E-state index in [1.54, 1.807) is 19.1 Å². The Morgan fingerprint density at radius 1 is 1.09 bits per heavy atom. The molecule has 2 N–H and O–H groups in total. The van der Waals surface area contributed by atoms with Crippen LogP contribution in [0.25, 0.3) is 11.3 Å². The Kier molecular flexibility index (Phi) is 7.47. The van der Waals surface area contributed by atoms with E-state index >= 15 is 0 Å². The minimum atomic E-state index is -3.80. The number of aryl methyl sites for hydroxylation is 1. The third-order valence-corrected chi connectivity index (χ3v) is 10.8. The lowest BCUT2D eigenvalue weighted by molar-refractivity contribution is 0.0989. The van der Waals surface area contributed by atoms with Crippen LogP contribution in [0.5, 0.6) is 0 Å². The number of sulfone groups is 1. The average molecular weight is 488 g/mol. The molecule has 174 valence electrons. The highest BCUT2D eigenvalue weighted by atomic mass is 32.2. The molecular weight excluding hydrogens is 461 g/mol. The number of anilines is 1. The molecule has 1 aromatic heterocycles. The van der Waals surface area contributed by atoms with Gasteiger partial charge in [0.2, 0.25) is 7.37 Å². The number of carbonyl (C=O) groups excluding carboxylic acids is 1. The van der Waals surface area contributed by atoms with Gasteiger partial charge in [0.15, 0.2) is 21.4 Å². The number of rotatable bonds is 9. The highest BCUT2D eigenvalue weighted by Crippen LogP contribution is 2.47. The molecule has 0 amide bonds. The van der Waals surface area contributed by atoms with Crippen molar-refractivity contribution in [2.45, 2.75) is 25.2 Å². The molecule has 0 aliphatic heterocycles. The Labute approximate surface area is 193 Å². The number of Topliss-reactive ketones (excluding diaryl/α,β-unsaturated/α-hetero) is 1. The van der Waals surface area contributed by atoms with Crippen LogP contribution in [0.15, 0.2) is 59.6 Å². The molecular formula is C23H26N3O5PS. The number of carbonyl (C=O) groups is 1. The van der Waals surface area contributed by atoms with Gasteiger partial charge in [0.25, 0.3) is 0 Å². The quantitative estimate of drug-likeness (QED) is 0.352. The molecule has 1 atom stereocenters. The zero-order valence-corrected chi connectivity index (χ0v) is 20.4. The maximum absolute atomic E-state index is 12.9. The Morgan fingerprint density at radius 3 is 2.30 bits per heavy atom. The summed E-state index contributed by atoms with van der Waals surface area (Å²) in [5.74, 6) is -0.302. The van der Waals surface area contributed by atoms with Crippen LogP contribution in [0.2, 0.25) is 0 Å².